The first-order valence-corrected chi connectivity index (χ1v) is 9.06. The highest BCUT2D eigenvalue weighted by atomic mass is 16.2. The zero-order valence-corrected chi connectivity index (χ0v) is 14.9. The van der Waals surface area contributed by atoms with E-state index in [1.54, 1.807) is 6.08 Å². The minimum Gasteiger partial charge on any atom is -0.291 e. The molecule has 0 aliphatic rings. The lowest BCUT2D eigenvalue weighted by Gasteiger charge is -2.16. The van der Waals surface area contributed by atoms with Crippen LogP contribution in [0.15, 0.2) is 66.7 Å². The van der Waals surface area contributed by atoms with Crippen LogP contribution < -0.4 is 0 Å². The molecule has 2 nitrogen and oxygen atoms in total. The van der Waals surface area contributed by atoms with Crippen LogP contribution in [0.4, 0.5) is 0 Å². The van der Waals surface area contributed by atoms with Crippen molar-refractivity contribution in [2.75, 3.05) is 0 Å². The molecule has 0 heterocycles. The molecule has 0 radical (unpaired) electrons. The fourth-order valence-corrected chi connectivity index (χ4v) is 2.91. The summed E-state index contributed by atoms with van der Waals surface area (Å²) in [6.45, 7) is 2.17. The van der Waals surface area contributed by atoms with Gasteiger partial charge in [-0.3, -0.25) is 9.59 Å². The van der Waals surface area contributed by atoms with E-state index in [1.807, 2.05) is 48.5 Å². The van der Waals surface area contributed by atoms with Gasteiger partial charge in [0.2, 0.25) is 11.6 Å². The Bertz CT molecular complexity index is 687. The van der Waals surface area contributed by atoms with Crippen molar-refractivity contribution in [3.63, 3.8) is 0 Å². The number of carbonyl (C=O) groups is 2. The molecule has 0 aliphatic heterocycles. The molecular weight excluding hydrogens is 308 g/mol. The van der Waals surface area contributed by atoms with E-state index in [1.165, 1.54) is 11.6 Å². The minimum atomic E-state index is -0.411. The molecular formula is C23H26O2. The van der Waals surface area contributed by atoms with Crippen molar-refractivity contribution in [2.24, 2.45) is 0 Å². The number of hydrogen-bond acceptors (Lipinski definition) is 2. The molecule has 130 valence electrons. The van der Waals surface area contributed by atoms with Gasteiger partial charge in [0, 0.05) is 6.42 Å². The third-order valence-electron chi connectivity index (χ3n) is 4.40. The van der Waals surface area contributed by atoms with Gasteiger partial charge in [-0.15, -0.1) is 0 Å². The highest BCUT2D eigenvalue weighted by molar-refractivity contribution is 6.42. The molecule has 0 bridgehead atoms. The summed E-state index contributed by atoms with van der Waals surface area (Å²) in [5.41, 5.74) is 2.18. The van der Waals surface area contributed by atoms with Gasteiger partial charge in [0.25, 0.3) is 0 Å². The molecule has 1 atom stereocenters. The van der Waals surface area contributed by atoms with Crippen molar-refractivity contribution in [3.8, 4) is 0 Å². The Hall–Kier alpha value is -2.48. The first-order chi connectivity index (χ1) is 12.2. The standard InChI is InChI=1S/C23H26O2/c1-2-3-12-21(20-13-8-5-9-14-20)16-18-23(25)22(24)17-15-19-10-6-4-7-11-19/h4-11,13-15,17,21H,2-3,12,16,18H2,1H3. The van der Waals surface area contributed by atoms with Crippen LogP contribution in [0, 0.1) is 0 Å². The van der Waals surface area contributed by atoms with E-state index in [0.717, 1.165) is 31.2 Å². The smallest absolute Gasteiger partial charge is 0.221 e. The van der Waals surface area contributed by atoms with Gasteiger partial charge in [0.1, 0.15) is 0 Å². The van der Waals surface area contributed by atoms with Crippen LogP contribution in [-0.4, -0.2) is 11.6 Å². The van der Waals surface area contributed by atoms with Crippen LogP contribution in [0.3, 0.4) is 0 Å². The molecule has 0 saturated heterocycles. The van der Waals surface area contributed by atoms with E-state index < -0.39 is 5.78 Å². The Morgan fingerprint density at radius 3 is 2.20 bits per heavy atom. The second-order valence-electron chi connectivity index (χ2n) is 6.32. The number of unbranched alkanes of at least 4 members (excludes halogenated alkanes) is 1. The minimum absolute atomic E-state index is 0.301. The topological polar surface area (TPSA) is 34.1 Å². The van der Waals surface area contributed by atoms with Gasteiger partial charge in [-0.05, 0) is 36.0 Å². The van der Waals surface area contributed by atoms with Crippen LogP contribution in [0.1, 0.15) is 56.1 Å². The van der Waals surface area contributed by atoms with E-state index >= 15 is 0 Å². The molecule has 0 amide bonds. The lowest BCUT2D eigenvalue weighted by Crippen LogP contribution is -2.12. The van der Waals surface area contributed by atoms with Crippen molar-refractivity contribution in [3.05, 3.63) is 77.9 Å². The van der Waals surface area contributed by atoms with Crippen LogP contribution in [0.2, 0.25) is 0 Å². The summed E-state index contributed by atoms with van der Waals surface area (Å²) in [6.07, 6.45) is 7.45. The van der Waals surface area contributed by atoms with Crippen LogP contribution in [0.5, 0.6) is 0 Å². The number of hydrogen-bond donors (Lipinski definition) is 0. The Morgan fingerprint density at radius 2 is 1.56 bits per heavy atom. The fraction of sp³-hybridized carbons (Fsp3) is 0.304. The Balaban J connectivity index is 1.91. The van der Waals surface area contributed by atoms with Crippen LogP contribution in [-0.2, 0) is 9.59 Å². The summed E-state index contributed by atoms with van der Waals surface area (Å²) in [4.78, 5) is 24.2. The van der Waals surface area contributed by atoms with Crippen molar-refractivity contribution >= 4 is 17.6 Å². The van der Waals surface area contributed by atoms with E-state index in [4.69, 9.17) is 0 Å². The van der Waals surface area contributed by atoms with E-state index in [-0.39, 0.29) is 5.78 Å². The third-order valence-corrected chi connectivity index (χ3v) is 4.40. The lowest BCUT2D eigenvalue weighted by atomic mass is 9.88. The number of ketones is 2. The molecule has 0 aromatic heterocycles. The van der Waals surface area contributed by atoms with Gasteiger partial charge in [-0.1, -0.05) is 86.5 Å². The van der Waals surface area contributed by atoms with Gasteiger partial charge >= 0.3 is 0 Å². The highest BCUT2D eigenvalue weighted by Gasteiger charge is 2.16. The molecule has 0 saturated carbocycles. The fourth-order valence-electron chi connectivity index (χ4n) is 2.91. The maximum absolute atomic E-state index is 12.2. The van der Waals surface area contributed by atoms with Crippen LogP contribution in [0.25, 0.3) is 6.08 Å². The Morgan fingerprint density at radius 1 is 0.920 bits per heavy atom. The SMILES string of the molecule is CCCCC(CCC(=O)C(=O)C=Cc1ccccc1)c1ccccc1. The van der Waals surface area contributed by atoms with Crippen molar-refractivity contribution in [2.45, 2.75) is 44.9 Å². The van der Waals surface area contributed by atoms with Crippen molar-refractivity contribution in [1.82, 2.24) is 0 Å². The average molecular weight is 334 g/mol. The van der Waals surface area contributed by atoms with E-state index in [0.29, 0.717) is 12.3 Å². The molecule has 2 aromatic carbocycles. The summed E-state index contributed by atoms with van der Waals surface area (Å²) in [5.74, 6) is -0.369. The van der Waals surface area contributed by atoms with Crippen molar-refractivity contribution < 1.29 is 9.59 Å². The van der Waals surface area contributed by atoms with E-state index in [2.05, 4.69) is 19.1 Å². The van der Waals surface area contributed by atoms with Gasteiger partial charge in [0.15, 0.2) is 0 Å². The molecule has 2 rings (SSSR count). The zero-order chi connectivity index (χ0) is 17.9. The maximum Gasteiger partial charge on any atom is 0.221 e. The Labute approximate surface area is 150 Å². The van der Waals surface area contributed by atoms with Crippen molar-refractivity contribution in [1.29, 1.82) is 0 Å². The molecule has 0 fully saturated rings. The number of benzene rings is 2. The lowest BCUT2D eigenvalue weighted by molar-refractivity contribution is -0.133. The molecule has 2 aromatic rings. The normalized spacial score (nSPS) is 12.2. The van der Waals surface area contributed by atoms with Crippen LogP contribution >= 0.6 is 0 Å². The largest absolute Gasteiger partial charge is 0.291 e. The predicted molar refractivity (Wildman–Crippen MR) is 103 cm³/mol. The van der Waals surface area contributed by atoms with Gasteiger partial charge in [-0.25, -0.2) is 0 Å². The summed E-state index contributed by atoms with van der Waals surface area (Å²) in [6, 6.07) is 19.8. The van der Waals surface area contributed by atoms with Gasteiger partial charge in [0.05, 0.1) is 0 Å². The monoisotopic (exact) mass is 334 g/mol. The first kappa shape index (κ1) is 18.9. The molecule has 1 unspecified atom stereocenters. The summed E-state index contributed by atoms with van der Waals surface area (Å²) in [7, 11) is 0. The summed E-state index contributed by atoms with van der Waals surface area (Å²) < 4.78 is 0. The molecule has 25 heavy (non-hydrogen) atoms. The number of Topliss-reactive ketones (excluding diaryl/α,β-unsaturated/α-hetero) is 1. The van der Waals surface area contributed by atoms with E-state index in [9.17, 15) is 9.59 Å². The number of rotatable bonds is 10. The second-order valence-corrected chi connectivity index (χ2v) is 6.32. The van der Waals surface area contributed by atoms with Gasteiger partial charge in [-0.2, -0.15) is 0 Å². The summed E-state index contributed by atoms with van der Waals surface area (Å²) in [5, 5.41) is 0. The Kier molecular flexibility index (Phi) is 7.84. The maximum atomic E-state index is 12.2. The predicted octanol–water partition coefficient (Wildman–Crippen LogP) is 5.59. The third kappa shape index (κ3) is 6.50. The quantitative estimate of drug-likeness (QED) is 0.419. The molecule has 0 spiro atoms. The molecule has 2 heteroatoms. The second kappa shape index (κ2) is 10.4. The summed E-state index contributed by atoms with van der Waals surface area (Å²) >= 11 is 0. The average Bonchev–Trinajstić information content (AvgIpc) is 2.67. The molecule has 0 aliphatic carbocycles. The zero-order valence-electron chi connectivity index (χ0n) is 14.9. The number of carbonyl (C=O) groups excluding carboxylic acids is 2. The molecule has 0 N–H and O–H groups in total. The van der Waals surface area contributed by atoms with Gasteiger partial charge < -0.3 is 0 Å². The number of allylic oxidation sites excluding steroid dienone is 1. The first-order valence-electron chi connectivity index (χ1n) is 9.06. The highest BCUT2D eigenvalue weighted by Crippen LogP contribution is 2.27.